The maximum Gasteiger partial charge on any atom is 0.328 e. The number of rotatable bonds is 18. The minimum Gasteiger partial charge on any atom is -0.467 e. The van der Waals surface area contributed by atoms with Crippen LogP contribution in [0.15, 0.2) is 85.2 Å². The monoisotopic (exact) mass is 822 g/mol. The maximum atomic E-state index is 13.8. The summed E-state index contributed by atoms with van der Waals surface area (Å²) in [5.74, 6) is -2.21. The van der Waals surface area contributed by atoms with Crippen LogP contribution in [0.5, 0.6) is 0 Å². The molecule has 0 spiro atoms. The average Bonchev–Trinajstić information content (AvgIpc) is 3.82. The lowest BCUT2D eigenvalue weighted by atomic mass is 10.0. The maximum absolute atomic E-state index is 13.8. The zero-order chi connectivity index (χ0) is 43.3. The molecular formula is C44H54N8O8. The lowest BCUT2D eigenvalue weighted by Gasteiger charge is -2.23. The molecule has 0 saturated heterocycles. The number of fused-ring (bicyclic) bond motifs is 2. The molecule has 5 aromatic rings. The predicted octanol–water partition coefficient (Wildman–Crippen LogP) is 5.52. The zero-order valence-corrected chi connectivity index (χ0v) is 34.6. The van der Waals surface area contributed by atoms with Crippen LogP contribution < -0.4 is 31.9 Å². The van der Waals surface area contributed by atoms with Crippen LogP contribution in [0.2, 0.25) is 0 Å². The summed E-state index contributed by atoms with van der Waals surface area (Å²) in [7, 11) is 2.50. The second kappa shape index (κ2) is 20.7. The van der Waals surface area contributed by atoms with E-state index in [0.29, 0.717) is 12.8 Å². The first kappa shape index (κ1) is 44.3. The van der Waals surface area contributed by atoms with Gasteiger partial charge in [-0.05, 0) is 66.1 Å². The molecule has 0 aliphatic carbocycles. The Bertz CT molecular complexity index is 2140. The van der Waals surface area contributed by atoms with Crippen molar-refractivity contribution >= 4 is 69.0 Å². The molecule has 6 amide bonds. The predicted molar refractivity (Wildman–Crippen MR) is 229 cm³/mol. The highest BCUT2D eigenvalue weighted by atomic mass is 16.5. The highest BCUT2D eigenvalue weighted by Crippen LogP contribution is 2.22. The number of hydrogen-bond donors (Lipinski definition) is 8. The van der Waals surface area contributed by atoms with Gasteiger partial charge in [-0.2, -0.15) is 0 Å². The number of esters is 2. The summed E-state index contributed by atoms with van der Waals surface area (Å²) in [6.07, 6.45) is 4.41. The van der Waals surface area contributed by atoms with Gasteiger partial charge in [0.15, 0.2) is 0 Å². The van der Waals surface area contributed by atoms with E-state index < -0.39 is 60.0 Å². The molecule has 8 N–H and O–H groups in total. The standard InChI is InChI=1S/C44H54N8O8/c1-25(2)18-37(41(55)59-5)49-39(53)35(20-27-23-45-33-16-9-7-14-31(27)33)51-43(57)47-29-12-11-13-30(22-29)48-44(58)52-36(21-28-24-46-34-17-10-8-15-32(28)34)40(54)50-38(19-26(3)4)42(56)60-6/h7-17,22-26,35-38,45-46H,18-21H2,1-6H3,(H,49,53)(H,50,54)(H2,47,51,57)(H2,48,52,58)/t35-,36-,37-,38-/m0/s1. The van der Waals surface area contributed by atoms with E-state index in [2.05, 4.69) is 41.9 Å². The van der Waals surface area contributed by atoms with Crippen LogP contribution in [0.3, 0.4) is 0 Å². The van der Waals surface area contributed by atoms with Crippen LogP contribution in [0.4, 0.5) is 21.0 Å². The number of carbonyl (C=O) groups excluding carboxylic acids is 6. The van der Waals surface area contributed by atoms with Crippen LogP contribution in [0.25, 0.3) is 21.8 Å². The van der Waals surface area contributed by atoms with E-state index in [-0.39, 0.29) is 36.1 Å². The smallest absolute Gasteiger partial charge is 0.328 e. The first-order valence-corrected chi connectivity index (χ1v) is 19.9. The van der Waals surface area contributed by atoms with Crippen molar-refractivity contribution in [3.05, 3.63) is 96.3 Å². The Morgan fingerprint density at radius 1 is 0.533 bits per heavy atom. The third-order valence-electron chi connectivity index (χ3n) is 9.84. The molecule has 60 heavy (non-hydrogen) atoms. The zero-order valence-electron chi connectivity index (χ0n) is 34.6. The van der Waals surface area contributed by atoms with Crippen LogP contribution in [-0.2, 0) is 41.5 Å². The largest absolute Gasteiger partial charge is 0.467 e. The summed E-state index contributed by atoms with van der Waals surface area (Å²) >= 11 is 0. The summed E-state index contributed by atoms with van der Waals surface area (Å²) in [4.78, 5) is 86.1. The van der Waals surface area contributed by atoms with E-state index in [1.807, 2.05) is 76.2 Å². The molecule has 0 unspecified atom stereocenters. The van der Waals surface area contributed by atoms with Gasteiger partial charge in [0.2, 0.25) is 11.8 Å². The molecule has 318 valence electrons. The summed E-state index contributed by atoms with van der Waals surface area (Å²) in [5.41, 5.74) is 3.84. The van der Waals surface area contributed by atoms with Crippen molar-refractivity contribution in [2.75, 3.05) is 24.9 Å². The van der Waals surface area contributed by atoms with E-state index in [1.54, 1.807) is 30.6 Å². The number of nitrogens with one attached hydrogen (secondary N) is 8. The molecule has 0 aliphatic rings. The number of hydrogen-bond acceptors (Lipinski definition) is 8. The Balaban J connectivity index is 1.30. The summed E-state index contributed by atoms with van der Waals surface area (Å²) in [5, 5.41) is 18.2. The lowest BCUT2D eigenvalue weighted by Crippen LogP contribution is -2.53. The molecule has 16 heteroatoms. The number of benzene rings is 3. The fraction of sp³-hybridized carbons (Fsp3) is 0.364. The molecule has 4 atom stereocenters. The number of aromatic nitrogens is 2. The number of carbonyl (C=O) groups is 6. The second-order valence-corrected chi connectivity index (χ2v) is 15.4. The van der Waals surface area contributed by atoms with Crippen molar-refractivity contribution in [2.24, 2.45) is 11.8 Å². The number of ether oxygens (including phenoxy) is 2. The number of anilines is 2. The van der Waals surface area contributed by atoms with Gasteiger partial charge in [0.05, 0.1) is 14.2 Å². The molecule has 16 nitrogen and oxygen atoms in total. The van der Waals surface area contributed by atoms with E-state index in [0.717, 1.165) is 32.9 Å². The SMILES string of the molecule is COC(=O)[C@H](CC(C)C)NC(=O)[C@H](Cc1c[nH]c2ccccc12)NC(=O)Nc1cccc(NC(=O)N[C@@H](Cc2c[nH]c3ccccc23)C(=O)N[C@@H](CC(C)C)C(=O)OC)c1. The number of H-pyrrole nitrogens is 2. The van der Waals surface area contributed by atoms with E-state index in [4.69, 9.17) is 9.47 Å². The summed E-state index contributed by atoms with van der Waals surface area (Å²) in [6, 6.07) is 16.0. The van der Waals surface area contributed by atoms with Gasteiger partial charge >= 0.3 is 24.0 Å². The number of methoxy groups -OCH3 is 2. The summed E-state index contributed by atoms with van der Waals surface area (Å²) < 4.78 is 9.87. The van der Waals surface area contributed by atoms with E-state index in [1.165, 1.54) is 20.3 Å². The fourth-order valence-corrected chi connectivity index (χ4v) is 6.99. The minimum absolute atomic E-state index is 0.0665. The van der Waals surface area contributed by atoms with Crippen molar-refractivity contribution in [3.63, 3.8) is 0 Å². The van der Waals surface area contributed by atoms with Crippen molar-refractivity contribution in [1.82, 2.24) is 31.2 Å². The van der Waals surface area contributed by atoms with E-state index >= 15 is 0 Å². The summed E-state index contributed by atoms with van der Waals surface area (Å²) in [6.45, 7) is 7.67. The molecule has 0 radical (unpaired) electrons. The molecule has 2 heterocycles. The van der Waals surface area contributed by atoms with Crippen LogP contribution in [0, 0.1) is 11.8 Å². The number of urea groups is 2. The fourth-order valence-electron chi connectivity index (χ4n) is 6.99. The average molecular weight is 823 g/mol. The quantitative estimate of drug-likeness (QED) is 0.0524. The van der Waals surface area contributed by atoms with Gasteiger partial charge in [0.1, 0.15) is 24.2 Å². The first-order valence-electron chi connectivity index (χ1n) is 19.9. The Morgan fingerprint density at radius 3 is 1.32 bits per heavy atom. The molecule has 5 rings (SSSR count). The normalized spacial score (nSPS) is 13.2. The van der Waals surface area contributed by atoms with Gasteiger partial charge in [0, 0.05) is 58.4 Å². The third kappa shape index (κ3) is 12.1. The van der Waals surface area contributed by atoms with Crippen molar-refractivity contribution < 1.29 is 38.2 Å². The Morgan fingerprint density at radius 2 is 0.933 bits per heavy atom. The minimum atomic E-state index is -1.10. The molecular weight excluding hydrogens is 769 g/mol. The first-order chi connectivity index (χ1) is 28.7. The van der Waals surface area contributed by atoms with Gasteiger partial charge in [-0.1, -0.05) is 70.2 Å². The Labute approximate surface area is 348 Å². The van der Waals surface area contributed by atoms with Crippen molar-refractivity contribution in [2.45, 2.75) is 77.5 Å². The van der Waals surface area contributed by atoms with Gasteiger partial charge < -0.3 is 51.3 Å². The molecule has 3 aromatic carbocycles. The van der Waals surface area contributed by atoms with Gasteiger partial charge in [-0.15, -0.1) is 0 Å². The lowest BCUT2D eigenvalue weighted by molar-refractivity contribution is -0.146. The molecule has 2 aromatic heterocycles. The topological polar surface area (TPSA) is 225 Å². The third-order valence-corrected chi connectivity index (χ3v) is 9.84. The van der Waals surface area contributed by atoms with Gasteiger partial charge in [0.25, 0.3) is 0 Å². The molecule has 0 bridgehead atoms. The van der Waals surface area contributed by atoms with Crippen LogP contribution >= 0.6 is 0 Å². The van der Waals surface area contributed by atoms with Crippen LogP contribution in [-0.4, -0.2) is 84.2 Å². The number of amides is 6. The van der Waals surface area contributed by atoms with Crippen LogP contribution in [0.1, 0.15) is 51.7 Å². The highest BCUT2D eigenvalue weighted by Gasteiger charge is 2.30. The number of aromatic amines is 2. The molecule has 0 saturated carbocycles. The van der Waals surface area contributed by atoms with Crippen molar-refractivity contribution in [3.8, 4) is 0 Å². The van der Waals surface area contributed by atoms with Gasteiger partial charge in [-0.3, -0.25) is 9.59 Å². The highest BCUT2D eigenvalue weighted by molar-refractivity contribution is 5.98. The van der Waals surface area contributed by atoms with Gasteiger partial charge in [-0.25, -0.2) is 19.2 Å². The Hall–Kier alpha value is -6.84. The Kier molecular flexibility index (Phi) is 15.3. The molecule has 0 fully saturated rings. The number of para-hydroxylation sites is 2. The molecule has 0 aliphatic heterocycles. The van der Waals surface area contributed by atoms with Crippen molar-refractivity contribution in [1.29, 1.82) is 0 Å². The second-order valence-electron chi connectivity index (χ2n) is 15.4. The van der Waals surface area contributed by atoms with E-state index in [9.17, 15) is 28.8 Å².